The lowest BCUT2D eigenvalue weighted by Gasteiger charge is -2.55. The molecule has 4 nitrogen and oxygen atoms in total. The van der Waals surface area contributed by atoms with Gasteiger partial charge in [0.05, 0.1) is 30.5 Å². The second-order valence-electron chi connectivity index (χ2n) is 6.57. The first-order valence-corrected chi connectivity index (χ1v) is 7.53. The fourth-order valence-electron chi connectivity index (χ4n) is 4.73. The van der Waals surface area contributed by atoms with Gasteiger partial charge in [0.15, 0.2) is 0 Å². The third-order valence-corrected chi connectivity index (χ3v) is 5.74. The molecule has 4 heteroatoms. The molecule has 1 unspecified atom stereocenters. The van der Waals surface area contributed by atoms with Crippen molar-refractivity contribution in [2.45, 2.75) is 39.5 Å². The van der Waals surface area contributed by atoms with Gasteiger partial charge >= 0.3 is 5.97 Å². The lowest BCUT2D eigenvalue weighted by atomic mass is 9.47. The van der Waals surface area contributed by atoms with Crippen LogP contribution in [0.1, 0.15) is 39.5 Å². The summed E-state index contributed by atoms with van der Waals surface area (Å²) in [5.41, 5.74) is 0.224. The molecule has 0 aromatic heterocycles. The van der Waals surface area contributed by atoms with Crippen LogP contribution in [0.3, 0.4) is 0 Å². The van der Waals surface area contributed by atoms with Crippen molar-refractivity contribution in [2.24, 2.45) is 22.7 Å². The zero-order chi connectivity index (χ0) is 14.5. The first kappa shape index (κ1) is 13.8. The minimum atomic E-state index is -0.791. The van der Waals surface area contributed by atoms with Crippen LogP contribution in [0, 0.1) is 22.7 Å². The number of fused-ring (bicyclic) bond motifs is 2. The fraction of sp³-hybridized carbons (Fsp3) is 0.750. The SMILES string of the molecule is CCOC(=O)[C@@H]1C[C@]23CCCC2=C[C@@]1(C)C(=O)C3CO. The van der Waals surface area contributed by atoms with Crippen LogP contribution < -0.4 is 0 Å². The monoisotopic (exact) mass is 278 g/mol. The molecule has 0 radical (unpaired) electrons. The van der Waals surface area contributed by atoms with Gasteiger partial charge in [0.2, 0.25) is 0 Å². The Bertz CT molecular complexity index is 495. The van der Waals surface area contributed by atoms with Gasteiger partial charge in [0, 0.05) is 5.41 Å². The van der Waals surface area contributed by atoms with Crippen LogP contribution in [-0.2, 0) is 14.3 Å². The van der Waals surface area contributed by atoms with E-state index in [9.17, 15) is 14.7 Å². The lowest BCUT2D eigenvalue weighted by molar-refractivity contribution is -0.167. The van der Waals surface area contributed by atoms with Gasteiger partial charge in [0.25, 0.3) is 0 Å². The standard InChI is InChI=1S/C16H22O4/c1-3-20-14(19)11-8-16-6-4-5-10(16)7-15(11,2)13(18)12(16)9-17/h7,11-12,17H,3-6,8-9H2,1-2H3/t11-,12?,15+,16+/m0/s1. The number of aliphatic hydroxyl groups excluding tert-OH is 1. The van der Waals surface area contributed by atoms with Crippen LogP contribution in [0.2, 0.25) is 0 Å². The number of carbonyl (C=O) groups is 2. The van der Waals surface area contributed by atoms with E-state index in [2.05, 4.69) is 0 Å². The Morgan fingerprint density at radius 1 is 1.55 bits per heavy atom. The highest BCUT2D eigenvalue weighted by Gasteiger charge is 2.65. The Labute approximate surface area is 119 Å². The average molecular weight is 278 g/mol. The molecule has 2 fully saturated rings. The minimum Gasteiger partial charge on any atom is -0.466 e. The number of ketones is 1. The van der Waals surface area contributed by atoms with Crippen LogP contribution >= 0.6 is 0 Å². The van der Waals surface area contributed by atoms with Crippen molar-refractivity contribution in [1.82, 2.24) is 0 Å². The van der Waals surface area contributed by atoms with E-state index in [1.807, 2.05) is 13.0 Å². The third-order valence-electron chi connectivity index (χ3n) is 5.74. The summed E-state index contributed by atoms with van der Waals surface area (Å²) in [5.74, 6) is -0.962. The van der Waals surface area contributed by atoms with E-state index >= 15 is 0 Å². The Morgan fingerprint density at radius 2 is 2.30 bits per heavy atom. The molecular weight excluding hydrogens is 256 g/mol. The van der Waals surface area contributed by atoms with E-state index < -0.39 is 5.41 Å². The Balaban J connectivity index is 2.07. The first-order chi connectivity index (χ1) is 9.49. The molecule has 4 aliphatic carbocycles. The molecule has 20 heavy (non-hydrogen) atoms. The highest BCUT2D eigenvalue weighted by Crippen LogP contribution is 2.65. The number of rotatable bonds is 3. The number of aliphatic hydroxyl groups is 1. The highest BCUT2D eigenvalue weighted by molar-refractivity contribution is 5.97. The summed E-state index contributed by atoms with van der Waals surface area (Å²) < 4.78 is 5.18. The van der Waals surface area contributed by atoms with Crippen molar-refractivity contribution in [3.05, 3.63) is 11.6 Å². The van der Waals surface area contributed by atoms with Gasteiger partial charge in [-0.15, -0.1) is 0 Å². The van der Waals surface area contributed by atoms with Crippen LogP contribution in [0.4, 0.5) is 0 Å². The summed E-state index contributed by atoms with van der Waals surface area (Å²) in [5, 5.41) is 9.70. The number of hydrogen-bond acceptors (Lipinski definition) is 4. The summed E-state index contributed by atoms with van der Waals surface area (Å²) in [6, 6.07) is 0. The molecule has 0 saturated heterocycles. The van der Waals surface area contributed by atoms with Gasteiger partial charge in [-0.2, -0.15) is 0 Å². The van der Waals surface area contributed by atoms with Crippen molar-refractivity contribution >= 4 is 11.8 Å². The van der Waals surface area contributed by atoms with Crippen molar-refractivity contribution in [1.29, 1.82) is 0 Å². The third kappa shape index (κ3) is 1.51. The number of ether oxygens (including phenoxy) is 1. The second kappa shape index (κ2) is 4.42. The van der Waals surface area contributed by atoms with Crippen molar-refractivity contribution < 1.29 is 19.4 Å². The predicted octanol–water partition coefficient (Wildman–Crippen LogP) is 1.86. The van der Waals surface area contributed by atoms with Gasteiger partial charge in [0.1, 0.15) is 5.78 Å². The molecule has 2 saturated carbocycles. The van der Waals surface area contributed by atoms with Gasteiger partial charge in [-0.25, -0.2) is 0 Å². The molecule has 110 valence electrons. The van der Waals surface area contributed by atoms with Crippen molar-refractivity contribution in [3.8, 4) is 0 Å². The Kier molecular flexibility index (Phi) is 3.05. The molecule has 0 aromatic carbocycles. The molecule has 1 spiro atoms. The highest BCUT2D eigenvalue weighted by atomic mass is 16.5. The van der Waals surface area contributed by atoms with Gasteiger partial charge < -0.3 is 9.84 Å². The summed E-state index contributed by atoms with van der Waals surface area (Å²) >= 11 is 0. The van der Waals surface area contributed by atoms with Crippen LogP contribution in [0.15, 0.2) is 11.6 Å². The Hall–Kier alpha value is -1.16. The maximum Gasteiger partial charge on any atom is 0.310 e. The molecule has 1 N–H and O–H groups in total. The largest absolute Gasteiger partial charge is 0.466 e. The molecule has 0 aromatic rings. The Morgan fingerprint density at radius 3 is 2.95 bits per heavy atom. The minimum absolute atomic E-state index is 0.0231. The lowest BCUT2D eigenvalue weighted by Crippen LogP contribution is -2.59. The maximum absolute atomic E-state index is 12.8. The van der Waals surface area contributed by atoms with E-state index in [-0.39, 0.29) is 35.6 Å². The zero-order valence-corrected chi connectivity index (χ0v) is 12.1. The summed E-state index contributed by atoms with van der Waals surface area (Å²) in [7, 11) is 0. The summed E-state index contributed by atoms with van der Waals surface area (Å²) in [6.07, 6.45) is 5.63. The molecular formula is C16H22O4. The normalized spacial score (nSPS) is 42.4. The topological polar surface area (TPSA) is 63.6 Å². The van der Waals surface area contributed by atoms with Crippen LogP contribution in [-0.4, -0.2) is 30.1 Å². The van der Waals surface area contributed by atoms with Crippen molar-refractivity contribution in [2.75, 3.05) is 13.2 Å². The first-order valence-electron chi connectivity index (χ1n) is 7.53. The number of hydrogen-bond donors (Lipinski definition) is 1. The fourth-order valence-corrected chi connectivity index (χ4v) is 4.73. The number of allylic oxidation sites excluding steroid dienone is 2. The quantitative estimate of drug-likeness (QED) is 0.632. The zero-order valence-electron chi connectivity index (χ0n) is 12.1. The molecule has 4 atom stereocenters. The van der Waals surface area contributed by atoms with Gasteiger partial charge in [-0.05, 0) is 39.5 Å². The molecule has 0 heterocycles. The number of carbonyl (C=O) groups excluding carboxylic acids is 2. The smallest absolute Gasteiger partial charge is 0.310 e. The van der Waals surface area contributed by atoms with E-state index in [1.165, 1.54) is 5.57 Å². The molecule has 0 amide bonds. The van der Waals surface area contributed by atoms with Gasteiger partial charge in [-0.1, -0.05) is 11.6 Å². The summed E-state index contributed by atoms with van der Waals surface area (Å²) in [6.45, 7) is 3.86. The van der Waals surface area contributed by atoms with Crippen LogP contribution in [0.5, 0.6) is 0 Å². The number of esters is 1. The van der Waals surface area contributed by atoms with Crippen molar-refractivity contribution in [3.63, 3.8) is 0 Å². The summed E-state index contributed by atoms with van der Waals surface area (Å²) in [4.78, 5) is 25.0. The van der Waals surface area contributed by atoms with E-state index in [0.29, 0.717) is 13.0 Å². The second-order valence-corrected chi connectivity index (χ2v) is 6.57. The van der Waals surface area contributed by atoms with E-state index in [0.717, 1.165) is 19.3 Å². The van der Waals surface area contributed by atoms with E-state index in [4.69, 9.17) is 4.74 Å². The average Bonchev–Trinajstić information content (AvgIpc) is 2.81. The molecule has 4 aliphatic rings. The molecule has 4 rings (SSSR count). The maximum atomic E-state index is 12.8. The molecule has 0 aliphatic heterocycles. The molecule has 2 bridgehead atoms. The van der Waals surface area contributed by atoms with Gasteiger partial charge in [-0.3, -0.25) is 9.59 Å². The van der Waals surface area contributed by atoms with Crippen LogP contribution in [0.25, 0.3) is 0 Å². The predicted molar refractivity (Wildman–Crippen MR) is 72.8 cm³/mol. The number of Topliss-reactive ketones (excluding diaryl/α,β-unsaturated/α-hetero) is 1. The van der Waals surface area contributed by atoms with E-state index in [1.54, 1.807) is 6.92 Å².